The van der Waals surface area contributed by atoms with Crippen molar-refractivity contribution >= 4 is 5.91 Å². The first-order valence-corrected chi connectivity index (χ1v) is 7.74. The topological polar surface area (TPSA) is 58.4 Å². The standard InChI is InChI=1S/C15H33N3O/c1-6-10-13(5)17-14(19)11-18(9-4)15(7-2,8-3)12-16/h13H,6-12,16H2,1-5H3,(H,17,19). The quantitative estimate of drug-likeness (QED) is 0.640. The first-order valence-electron chi connectivity index (χ1n) is 7.74. The SMILES string of the molecule is CCCC(C)NC(=O)CN(CC)C(CC)(CC)CN. The maximum atomic E-state index is 12.1. The van der Waals surface area contributed by atoms with Crippen LogP contribution in [0.3, 0.4) is 0 Å². The van der Waals surface area contributed by atoms with Gasteiger partial charge in [-0.15, -0.1) is 0 Å². The maximum absolute atomic E-state index is 12.1. The van der Waals surface area contributed by atoms with Crippen molar-refractivity contribution in [1.29, 1.82) is 0 Å². The van der Waals surface area contributed by atoms with Crippen molar-refractivity contribution in [3.05, 3.63) is 0 Å². The van der Waals surface area contributed by atoms with E-state index in [9.17, 15) is 4.79 Å². The zero-order valence-electron chi connectivity index (χ0n) is 13.5. The molecule has 0 bridgehead atoms. The molecule has 0 aromatic rings. The van der Waals surface area contributed by atoms with Crippen LogP contribution in [0.25, 0.3) is 0 Å². The number of likely N-dealkylation sites (N-methyl/N-ethyl adjacent to an activating group) is 1. The van der Waals surface area contributed by atoms with Gasteiger partial charge in [-0.05, 0) is 32.7 Å². The van der Waals surface area contributed by atoms with Crippen LogP contribution in [0.1, 0.15) is 60.3 Å². The molecule has 1 atom stereocenters. The van der Waals surface area contributed by atoms with Crippen LogP contribution < -0.4 is 11.1 Å². The van der Waals surface area contributed by atoms with Crippen molar-refractivity contribution in [2.75, 3.05) is 19.6 Å². The lowest BCUT2D eigenvalue weighted by Gasteiger charge is -2.41. The molecule has 0 aliphatic rings. The van der Waals surface area contributed by atoms with Gasteiger partial charge in [-0.3, -0.25) is 9.69 Å². The van der Waals surface area contributed by atoms with Crippen LogP contribution in [0.15, 0.2) is 0 Å². The van der Waals surface area contributed by atoms with Crippen molar-refractivity contribution in [3.63, 3.8) is 0 Å². The number of carbonyl (C=O) groups is 1. The van der Waals surface area contributed by atoms with Crippen LogP contribution in [-0.2, 0) is 4.79 Å². The van der Waals surface area contributed by atoms with Gasteiger partial charge < -0.3 is 11.1 Å². The van der Waals surface area contributed by atoms with Crippen molar-refractivity contribution in [1.82, 2.24) is 10.2 Å². The fourth-order valence-corrected chi connectivity index (χ4v) is 2.73. The Balaban J connectivity index is 4.58. The molecule has 0 aliphatic carbocycles. The molecule has 3 N–H and O–H groups in total. The highest BCUT2D eigenvalue weighted by Gasteiger charge is 2.32. The molecule has 0 aromatic heterocycles. The second-order valence-corrected chi connectivity index (χ2v) is 5.41. The van der Waals surface area contributed by atoms with E-state index in [0.29, 0.717) is 13.1 Å². The molecule has 0 saturated carbocycles. The minimum absolute atomic E-state index is 0.0416. The smallest absolute Gasteiger partial charge is 0.234 e. The lowest BCUT2D eigenvalue weighted by molar-refractivity contribution is -0.124. The molecule has 114 valence electrons. The van der Waals surface area contributed by atoms with Crippen LogP contribution in [0.2, 0.25) is 0 Å². The summed E-state index contributed by atoms with van der Waals surface area (Å²) < 4.78 is 0. The summed E-state index contributed by atoms with van der Waals surface area (Å²) in [6.45, 7) is 12.5. The van der Waals surface area contributed by atoms with Crippen LogP contribution in [0, 0.1) is 0 Å². The molecule has 1 amide bonds. The Hall–Kier alpha value is -0.610. The molecular weight excluding hydrogens is 238 g/mol. The monoisotopic (exact) mass is 271 g/mol. The van der Waals surface area contributed by atoms with E-state index >= 15 is 0 Å². The number of amides is 1. The predicted octanol–water partition coefficient (Wildman–Crippen LogP) is 2.13. The summed E-state index contributed by atoms with van der Waals surface area (Å²) in [5.41, 5.74) is 5.91. The number of nitrogens with one attached hydrogen (secondary N) is 1. The van der Waals surface area contributed by atoms with Gasteiger partial charge in [0.05, 0.1) is 6.54 Å². The molecule has 0 spiro atoms. The normalized spacial score (nSPS) is 13.6. The Kier molecular flexibility index (Phi) is 9.02. The minimum Gasteiger partial charge on any atom is -0.353 e. The van der Waals surface area contributed by atoms with E-state index in [-0.39, 0.29) is 17.5 Å². The number of hydrogen-bond acceptors (Lipinski definition) is 3. The number of nitrogens with zero attached hydrogens (tertiary/aromatic N) is 1. The van der Waals surface area contributed by atoms with Gasteiger partial charge in [-0.1, -0.05) is 34.1 Å². The van der Waals surface area contributed by atoms with Gasteiger partial charge in [0.15, 0.2) is 0 Å². The molecule has 4 heteroatoms. The second kappa shape index (κ2) is 9.32. The third-order valence-corrected chi connectivity index (χ3v) is 4.21. The summed E-state index contributed by atoms with van der Waals surface area (Å²) in [7, 11) is 0. The van der Waals surface area contributed by atoms with Gasteiger partial charge in [0.25, 0.3) is 0 Å². The lowest BCUT2D eigenvalue weighted by atomic mass is 9.90. The van der Waals surface area contributed by atoms with Gasteiger partial charge >= 0.3 is 0 Å². The van der Waals surface area contributed by atoms with Crippen LogP contribution in [0.5, 0.6) is 0 Å². The number of hydrogen-bond donors (Lipinski definition) is 2. The molecule has 4 nitrogen and oxygen atoms in total. The molecular formula is C15H33N3O. The summed E-state index contributed by atoms with van der Waals surface area (Å²) in [5.74, 6) is 0.113. The first-order chi connectivity index (χ1) is 8.99. The summed E-state index contributed by atoms with van der Waals surface area (Å²) in [5, 5.41) is 3.07. The van der Waals surface area contributed by atoms with Gasteiger partial charge in [-0.25, -0.2) is 0 Å². The fraction of sp³-hybridized carbons (Fsp3) is 0.933. The molecule has 0 heterocycles. The highest BCUT2D eigenvalue weighted by molar-refractivity contribution is 5.78. The molecule has 19 heavy (non-hydrogen) atoms. The average molecular weight is 271 g/mol. The third-order valence-electron chi connectivity index (χ3n) is 4.21. The van der Waals surface area contributed by atoms with Crippen molar-refractivity contribution < 1.29 is 4.79 Å². The molecule has 0 aromatic carbocycles. The van der Waals surface area contributed by atoms with Crippen molar-refractivity contribution in [2.45, 2.75) is 71.9 Å². The molecule has 0 saturated heterocycles. The zero-order chi connectivity index (χ0) is 14.9. The predicted molar refractivity (Wildman–Crippen MR) is 82.1 cm³/mol. The van der Waals surface area contributed by atoms with E-state index in [4.69, 9.17) is 5.73 Å². The number of nitrogens with two attached hydrogens (primary N) is 1. The summed E-state index contributed by atoms with van der Waals surface area (Å²) >= 11 is 0. The molecule has 0 rings (SSSR count). The summed E-state index contributed by atoms with van der Waals surface area (Å²) in [6.07, 6.45) is 4.08. The zero-order valence-corrected chi connectivity index (χ0v) is 13.5. The second-order valence-electron chi connectivity index (χ2n) is 5.41. The maximum Gasteiger partial charge on any atom is 0.234 e. The number of rotatable bonds is 10. The third kappa shape index (κ3) is 5.49. The van der Waals surface area contributed by atoms with Crippen LogP contribution >= 0.6 is 0 Å². The van der Waals surface area contributed by atoms with Gasteiger partial charge in [0.1, 0.15) is 0 Å². The highest BCUT2D eigenvalue weighted by atomic mass is 16.2. The first kappa shape index (κ1) is 18.4. The van der Waals surface area contributed by atoms with Crippen molar-refractivity contribution in [2.24, 2.45) is 5.73 Å². The van der Waals surface area contributed by atoms with Gasteiger partial charge in [-0.2, -0.15) is 0 Å². The Labute approximate surface area is 119 Å². The largest absolute Gasteiger partial charge is 0.353 e. The summed E-state index contributed by atoms with van der Waals surface area (Å²) in [6, 6.07) is 0.256. The van der Waals surface area contributed by atoms with Crippen LogP contribution in [-0.4, -0.2) is 42.0 Å². The average Bonchev–Trinajstić information content (AvgIpc) is 2.40. The Morgan fingerprint density at radius 2 is 1.84 bits per heavy atom. The van der Waals surface area contributed by atoms with E-state index in [0.717, 1.165) is 32.2 Å². The molecule has 0 aliphatic heterocycles. The van der Waals surface area contributed by atoms with Crippen molar-refractivity contribution in [3.8, 4) is 0 Å². The molecule has 1 unspecified atom stereocenters. The van der Waals surface area contributed by atoms with E-state index in [1.54, 1.807) is 0 Å². The molecule has 0 radical (unpaired) electrons. The van der Waals surface area contributed by atoms with E-state index < -0.39 is 0 Å². The van der Waals surface area contributed by atoms with Gasteiger partial charge in [0.2, 0.25) is 5.91 Å². The summed E-state index contributed by atoms with van der Waals surface area (Å²) in [4.78, 5) is 14.3. The fourth-order valence-electron chi connectivity index (χ4n) is 2.73. The van der Waals surface area contributed by atoms with E-state index in [1.807, 2.05) is 0 Å². The Morgan fingerprint density at radius 3 is 2.21 bits per heavy atom. The van der Waals surface area contributed by atoms with E-state index in [1.165, 1.54) is 0 Å². The van der Waals surface area contributed by atoms with Gasteiger partial charge in [0, 0.05) is 18.1 Å². The minimum atomic E-state index is -0.0416. The van der Waals surface area contributed by atoms with Crippen LogP contribution in [0.4, 0.5) is 0 Å². The Morgan fingerprint density at radius 1 is 1.26 bits per heavy atom. The highest BCUT2D eigenvalue weighted by Crippen LogP contribution is 2.22. The van der Waals surface area contributed by atoms with E-state index in [2.05, 4.69) is 44.8 Å². The number of carbonyl (C=O) groups excluding carboxylic acids is 1. The Bertz CT molecular complexity index is 244. The lowest BCUT2D eigenvalue weighted by Crippen LogP contribution is -2.56. The molecule has 0 fully saturated rings.